The van der Waals surface area contributed by atoms with Gasteiger partial charge in [-0.05, 0) is 115 Å². The molecule has 404 valence electrons. The lowest BCUT2D eigenvalue weighted by Crippen LogP contribution is -2.54. The number of nitrogens with zero attached hydrogens (tertiary/aromatic N) is 12. The maximum Gasteiger partial charge on any atom is 0.262 e. The monoisotopic (exact) mass is 1040 g/mol. The normalized spacial score (nSPS) is 25.2. The van der Waals surface area contributed by atoms with Gasteiger partial charge in [0.15, 0.2) is 0 Å². The van der Waals surface area contributed by atoms with Crippen LogP contribution in [0, 0.1) is 31.6 Å². The Bertz CT molecular complexity index is 2830. The summed E-state index contributed by atoms with van der Waals surface area (Å²) in [7, 11) is 1.86. The summed E-state index contributed by atoms with van der Waals surface area (Å²) in [5, 5.41) is 21.8. The summed E-state index contributed by atoms with van der Waals surface area (Å²) in [5.41, 5.74) is 3.70. The van der Waals surface area contributed by atoms with Crippen molar-refractivity contribution in [3.05, 3.63) is 53.3 Å². The largest absolute Gasteiger partial charge is 0.421 e. The van der Waals surface area contributed by atoms with Crippen LogP contribution in [0.15, 0.2) is 35.0 Å². The number of likely N-dealkylation sites (tertiary alicyclic amines) is 1. The molecule has 6 fully saturated rings. The molecule has 0 spiro atoms. The number of nitrogens with one attached hydrogen (secondary N) is 3. The molecule has 4 saturated heterocycles. The minimum atomic E-state index is -0.978. The van der Waals surface area contributed by atoms with Gasteiger partial charge in [0.05, 0.1) is 28.7 Å². The van der Waals surface area contributed by atoms with E-state index in [0.717, 1.165) is 165 Å². The van der Waals surface area contributed by atoms with Crippen molar-refractivity contribution in [1.29, 1.82) is 0 Å². The Morgan fingerprint density at radius 3 is 2.08 bits per heavy atom. The average molecular weight is 1040 g/mol. The van der Waals surface area contributed by atoms with Gasteiger partial charge in [-0.2, -0.15) is 10.1 Å². The minimum absolute atomic E-state index is 0.00251. The van der Waals surface area contributed by atoms with Crippen molar-refractivity contribution in [3.8, 4) is 11.5 Å². The molecule has 22 nitrogen and oxygen atoms in total. The van der Waals surface area contributed by atoms with E-state index >= 15 is 0 Å². The third-order valence-electron chi connectivity index (χ3n) is 17.3. The predicted molar refractivity (Wildman–Crippen MR) is 280 cm³/mol. The van der Waals surface area contributed by atoms with E-state index in [1.807, 2.05) is 26.2 Å². The second kappa shape index (κ2) is 22.0. The second-order valence-corrected chi connectivity index (χ2v) is 22.1. The highest BCUT2D eigenvalue weighted by molar-refractivity contribution is 6.23. The van der Waals surface area contributed by atoms with E-state index < -0.39 is 29.7 Å². The zero-order valence-corrected chi connectivity index (χ0v) is 44.0. The molecule has 0 radical (unpaired) electrons. The van der Waals surface area contributed by atoms with Crippen molar-refractivity contribution in [2.75, 3.05) is 87.5 Å². The fourth-order valence-corrected chi connectivity index (χ4v) is 12.9. The molecule has 4 aromatic rings. The van der Waals surface area contributed by atoms with Crippen molar-refractivity contribution in [2.45, 2.75) is 115 Å². The fourth-order valence-electron chi connectivity index (χ4n) is 12.9. The highest BCUT2D eigenvalue weighted by atomic mass is 16.4. The van der Waals surface area contributed by atoms with E-state index in [2.05, 4.69) is 55.7 Å². The van der Waals surface area contributed by atoms with Crippen LogP contribution in [-0.2, 0) is 26.2 Å². The molecule has 0 bridgehead atoms. The van der Waals surface area contributed by atoms with Crippen molar-refractivity contribution < 1.29 is 33.2 Å². The third-order valence-corrected chi connectivity index (χ3v) is 17.3. The number of anilines is 4. The van der Waals surface area contributed by atoms with Crippen molar-refractivity contribution in [1.82, 2.24) is 59.8 Å². The molecular formula is C54H71N15O7. The Hall–Kier alpha value is -6.81. The number of carbonyl (C=O) groups excluding carboxylic acids is 6. The summed E-state index contributed by atoms with van der Waals surface area (Å²) in [5.74, 6) is 1.13. The molecule has 5 aliphatic heterocycles. The highest BCUT2D eigenvalue weighted by Gasteiger charge is 2.45. The number of fused-ring (bicyclic) bond motifs is 1. The van der Waals surface area contributed by atoms with Crippen LogP contribution in [0.3, 0.4) is 0 Å². The Balaban J connectivity index is 0.573. The van der Waals surface area contributed by atoms with E-state index in [1.54, 1.807) is 29.9 Å². The summed E-state index contributed by atoms with van der Waals surface area (Å²) < 4.78 is 7.57. The number of piperazine rings is 2. The van der Waals surface area contributed by atoms with Gasteiger partial charge in [0.25, 0.3) is 17.7 Å². The molecule has 6 amide bonds. The molecular weight excluding hydrogens is 971 g/mol. The van der Waals surface area contributed by atoms with Crippen LogP contribution in [0.5, 0.6) is 0 Å². The lowest BCUT2D eigenvalue weighted by Gasteiger charge is -2.43. The van der Waals surface area contributed by atoms with Crippen LogP contribution >= 0.6 is 0 Å². The van der Waals surface area contributed by atoms with Crippen LogP contribution in [0.1, 0.15) is 116 Å². The molecule has 7 aliphatic rings. The summed E-state index contributed by atoms with van der Waals surface area (Å²) in [6, 6.07) is 5.03. The Kier molecular flexibility index (Phi) is 14.9. The third kappa shape index (κ3) is 10.9. The number of benzene rings is 1. The van der Waals surface area contributed by atoms with Crippen LogP contribution in [0.2, 0.25) is 0 Å². The lowest BCUT2D eigenvalue weighted by atomic mass is 9.80. The van der Waals surface area contributed by atoms with E-state index in [-0.39, 0.29) is 42.5 Å². The number of carbonyl (C=O) groups is 6. The van der Waals surface area contributed by atoms with Gasteiger partial charge in [0, 0.05) is 122 Å². The first-order valence-corrected chi connectivity index (χ1v) is 27.7. The first-order valence-electron chi connectivity index (χ1n) is 27.7. The molecule has 22 heteroatoms. The van der Waals surface area contributed by atoms with Gasteiger partial charge >= 0.3 is 0 Å². The molecule has 1 aromatic carbocycles. The maximum absolute atomic E-state index is 13.9. The van der Waals surface area contributed by atoms with Crippen LogP contribution in [-0.4, -0.2) is 180 Å². The van der Waals surface area contributed by atoms with Gasteiger partial charge < -0.3 is 29.8 Å². The average Bonchev–Trinajstić information content (AvgIpc) is 4.13. The molecule has 11 rings (SSSR count). The van der Waals surface area contributed by atoms with Gasteiger partial charge in [0.1, 0.15) is 17.4 Å². The first kappa shape index (κ1) is 51.3. The molecule has 76 heavy (non-hydrogen) atoms. The van der Waals surface area contributed by atoms with Crippen LogP contribution in [0.4, 0.5) is 23.1 Å². The summed E-state index contributed by atoms with van der Waals surface area (Å²) >= 11 is 0. The zero-order valence-electron chi connectivity index (χ0n) is 44.0. The fraction of sp³-hybridized carbons (Fsp3) is 0.611. The topological polar surface area (TPSA) is 240 Å². The number of hydrogen-bond acceptors (Lipinski definition) is 17. The van der Waals surface area contributed by atoms with E-state index in [4.69, 9.17) is 14.4 Å². The summed E-state index contributed by atoms with van der Waals surface area (Å²) in [4.78, 5) is 100. The molecule has 2 aliphatic carbocycles. The zero-order chi connectivity index (χ0) is 52.6. The Morgan fingerprint density at radius 2 is 1.43 bits per heavy atom. The number of aromatic nitrogens is 6. The number of imide groups is 2. The van der Waals surface area contributed by atoms with E-state index in [0.29, 0.717) is 52.2 Å². The van der Waals surface area contributed by atoms with Crippen molar-refractivity contribution in [3.63, 3.8) is 0 Å². The molecule has 2 saturated carbocycles. The number of hydrogen-bond donors (Lipinski definition) is 3. The molecule has 8 heterocycles. The van der Waals surface area contributed by atoms with Gasteiger partial charge in [-0.25, -0.2) is 4.98 Å². The lowest BCUT2D eigenvalue weighted by molar-refractivity contribution is -0.143. The van der Waals surface area contributed by atoms with Crippen LogP contribution in [0.25, 0.3) is 11.5 Å². The smallest absolute Gasteiger partial charge is 0.262 e. The Morgan fingerprint density at radius 1 is 0.750 bits per heavy atom. The van der Waals surface area contributed by atoms with E-state index in [1.165, 1.54) is 0 Å². The molecule has 3 aromatic heterocycles. The Labute approximate surface area is 442 Å². The molecule has 1 atom stereocenters. The number of amides is 6. The number of piperidine rings is 2. The van der Waals surface area contributed by atoms with Crippen molar-refractivity contribution in [2.24, 2.45) is 24.8 Å². The van der Waals surface area contributed by atoms with Gasteiger partial charge in [0.2, 0.25) is 35.5 Å². The first-order chi connectivity index (χ1) is 36.8. The maximum atomic E-state index is 13.9. The van der Waals surface area contributed by atoms with Crippen molar-refractivity contribution >= 4 is 58.6 Å². The number of aryl methyl sites for hydroxylation is 3. The minimum Gasteiger partial charge on any atom is -0.421 e. The second-order valence-electron chi connectivity index (χ2n) is 22.1. The SMILES string of the molecule is Cc1nnc(-c2c(C)nc(Nc3cnn(C)c3)nc2NC2CCC(N3CCN(C(=O)C4CCC(C(=O)N5CCC(CCN6CCN(c7ccc8c(c7)C(=O)N(C7CCC(=O)NC7=O)C8=O)CC6)CC5)CC4)CC3)CC2)o1. The standard InChI is InChI=1S/C54H71N15O7/c1-33-46(49-62-61-34(2)76-49)47(60-54(56-33)58-39-31-55-63(3)32-39)57-38-8-10-40(11-9-38)65-26-28-68(29-27-65)51(73)37-6-4-36(5-7-37)50(72)67-20-17-35(18-21-67)16-19-64-22-24-66(25-23-64)41-12-13-42-43(30-41)53(75)69(52(42)74)44-14-15-45(70)59-48(44)71/h12-13,30-32,35-38,40,44H,4-11,14-29H2,1-3H3,(H,59,70,71)(H2,56,57,58,60). The predicted octanol–water partition coefficient (Wildman–Crippen LogP) is 4.15. The summed E-state index contributed by atoms with van der Waals surface area (Å²) in [6.45, 7) is 12.9. The quantitative estimate of drug-likeness (QED) is 0.159. The molecule has 1 unspecified atom stereocenters. The van der Waals surface area contributed by atoms with Gasteiger partial charge in [-0.1, -0.05) is 0 Å². The summed E-state index contributed by atoms with van der Waals surface area (Å²) in [6.07, 6.45) is 14.1. The highest BCUT2D eigenvalue weighted by Crippen LogP contribution is 2.37. The van der Waals surface area contributed by atoms with Gasteiger partial charge in [-0.15, -0.1) is 10.2 Å². The number of rotatable bonds is 13. The molecule has 3 N–H and O–H groups in total. The van der Waals surface area contributed by atoms with Crippen LogP contribution < -0.4 is 20.9 Å². The van der Waals surface area contributed by atoms with Gasteiger partial charge in [-0.3, -0.25) is 53.5 Å². The van der Waals surface area contributed by atoms with E-state index in [9.17, 15) is 28.8 Å².